The van der Waals surface area contributed by atoms with Crippen LogP contribution in [0.15, 0.2) is 33.3 Å². The van der Waals surface area contributed by atoms with Crippen LogP contribution in [0.5, 0.6) is 0 Å². The van der Waals surface area contributed by atoms with Crippen LogP contribution in [0.2, 0.25) is 0 Å². The van der Waals surface area contributed by atoms with E-state index in [4.69, 9.17) is 28.2 Å². The summed E-state index contributed by atoms with van der Waals surface area (Å²) in [5.41, 5.74) is 0.206. The van der Waals surface area contributed by atoms with Crippen LogP contribution in [0.4, 0.5) is 4.79 Å². The van der Waals surface area contributed by atoms with E-state index >= 15 is 0 Å². The van der Waals surface area contributed by atoms with Crippen molar-refractivity contribution >= 4 is 12.1 Å². The normalized spacial score (nSPS) is 17.8. The van der Waals surface area contributed by atoms with Gasteiger partial charge in [-0.2, -0.15) is 0 Å². The van der Waals surface area contributed by atoms with Gasteiger partial charge < -0.3 is 33.5 Å². The van der Waals surface area contributed by atoms with E-state index in [0.717, 1.165) is 0 Å². The van der Waals surface area contributed by atoms with E-state index in [1.54, 1.807) is 39.8 Å². The summed E-state index contributed by atoms with van der Waals surface area (Å²) in [6, 6.07) is 4.49. The van der Waals surface area contributed by atoms with Gasteiger partial charge in [-0.05, 0) is 39.8 Å². The molecule has 180 valence electrons. The Morgan fingerprint density at radius 1 is 1.12 bits per heavy atom. The van der Waals surface area contributed by atoms with Gasteiger partial charge in [0.15, 0.2) is 12.0 Å². The summed E-state index contributed by atoms with van der Waals surface area (Å²) in [5, 5.41) is 11.8. The molecule has 4 rings (SSSR count). The minimum absolute atomic E-state index is 0.107. The van der Waals surface area contributed by atoms with Crippen molar-refractivity contribution in [2.24, 2.45) is 0 Å². The predicted octanol–water partition coefficient (Wildman–Crippen LogP) is 3.55. The highest BCUT2D eigenvalue weighted by molar-refractivity contribution is 5.85. The standard InChI is InChI=1S/C22H24N4O8/c1-11-31-20(32-11)16-15(8-9-23-21(29)34-22(2,3)4)33-18(26-16)14-10-30-17(25-14)12-6-5-7-13(24-12)19(27)28/h5-7,10-11,20H,8-9H2,1-4H3,(H,23,29)(H,27,28). The molecule has 1 amide bonds. The van der Waals surface area contributed by atoms with Gasteiger partial charge in [0.25, 0.3) is 0 Å². The maximum atomic E-state index is 11.9. The van der Waals surface area contributed by atoms with E-state index in [9.17, 15) is 9.59 Å². The molecule has 1 aliphatic heterocycles. The first-order valence-corrected chi connectivity index (χ1v) is 10.5. The molecule has 2 N–H and O–H groups in total. The Morgan fingerprint density at radius 3 is 2.56 bits per heavy atom. The number of hydrogen-bond donors (Lipinski definition) is 2. The number of carbonyl (C=O) groups excluding carboxylic acids is 1. The fourth-order valence-electron chi connectivity index (χ4n) is 3.08. The van der Waals surface area contributed by atoms with Crippen molar-refractivity contribution in [1.29, 1.82) is 0 Å². The molecule has 0 radical (unpaired) electrons. The van der Waals surface area contributed by atoms with Crippen molar-refractivity contribution in [3.05, 3.63) is 41.6 Å². The monoisotopic (exact) mass is 472 g/mol. The maximum absolute atomic E-state index is 11.9. The van der Waals surface area contributed by atoms with Crippen LogP contribution in [-0.2, 0) is 20.6 Å². The number of oxazole rings is 2. The molecule has 3 aromatic heterocycles. The SMILES string of the molecule is CC1OC(c2nc(-c3coc(-c4cccc(C(=O)O)n4)n3)oc2CCNC(=O)OC(C)(C)C)O1. The van der Waals surface area contributed by atoms with E-state index in [-0.39, 0.29) is 41.7 Å². The van der Waals surface area contributed by atoms with Gasteiger partial charge in [0, 0.05) is 13.0 Å². The number of carboxylic acids is 1. The highest BCUT2D eigenvalue weighted by Gasteiger charge is 2.35. The molecule has 4 heterocycles. The Bertz CT molecular complexity index is 1190. The van der Waals surface area contributed by atoms with Gasteiger partial charge in [0.2, 0.25) is 18.1 Å². The molecular weight excluding hydrogens is 448 g/mol. The van der Waals surface area contributed by atoms with E-state index in [1.807, 2.05) is 0 Å². The quantitative estimate of drug-likeness (QED) is 0.517. The lowest BCUT2D eigenvalue weighted by Crippen LogP contribution is -2.34. The third kappa shape index (κ3) is 5.41. The van der Waals surface area contributed by atoms with Crippen molar-refractivity contribution in [3.8, 4) is 23.2 Å². The average molecular weight is 472 g/mol. The van der Waals surface area contributed by atoms with Crippen LogP contribution < -0.4 is 5.32 Å². The van der Waals surface area contributed by atoms with E-state index in [1.165, 1.54) is 12.3 Å². The predicted molar refractivity (Wildman–Crippen MR) is 115 cm³/mol. The molecule has 0 saturated carbocycles. The molecule has 0 atom stereocenters. The summed E-state index contributed by atoms with van der Waals surface area (Å²) in [6.45, 7) is 7.32. The minimum atomic E-state index is -1.16. The number of pyridine rings is 1. The number of aromatic carboxylic acids is 1. The molecule has 0 aliphatic carbocycles. The summed E-state index contributed by atoms with van der Waals surface area (Å²) < 4.78 is 27.7. The van der Waals surface area contributed by atoms with Gasteiger partial charge in [-0.3, -0.25) is 0 Å². The first-order chi connectivity index (χ1) is 16.1. The number of rotatable bonds is 7. The molecule has 0 unspecified atom stereocenters. The van der Waals surface area contributed by atoms with Gasteiger partial charge in [-0.25, -0.2) is 24.5 Å². The van der Waals surface area contributed by atoms with Crippen LogP contribution in [0.3, 0.4) is 0 Å². The Kier molecular flexibility index (Phi) is 6.35. The molecule has 12 nitrogen and oxygen atoms in total. The second kappa shape index (κ2) is 9.23. The lowest BCUT2D eigenvalue weighted by atomic mass is 10.2. The summed E-state index contributed by atoms with van der Waals surface area (Å²) in [7, 11) is 0. The third-order valence-electron chi connectivity index (χ3n) is 4.51. The number of amides is 1. The minimum Gasteiger partial charge on any atom is -0.477 e. The Morgan fingerprint density at radius 2 is 1.88 bits per heavy atom. The number of carbonyl (C=O) groups is 2. The summed E-state index contributed by atoms with van der Waals surface area (Å²) in [5.74, 6) is -0.460. The second-order valence-electron chi connectivity index (χ2n) is 8.43. The van der Waals surface area contributed by atoms with Gasteiger partial charge in [-0.1, -0.05) is 6.07 Å². The topological polar surface area (TPSA) is 159 Å². The highest BCUT2D eigenvalue weighted by Crippen LogP contribution is 2.35. The van der Waals surface area contributed by atoms with Crippen molar-refractivity contribution in [2.75, 3.05) is 6.54 Å². The second-order valence-corrected chi connectivity index (χ2v) is 8.43. The lowest BCUT2D eigenvalue weighted by Gasteiger charge is -2.32. The van der Waals surface area contributed by atoms with E-state index in [0.29, 0.717) is 17.9 Å². The highest BCUT2D eigenvalue weighted by atomic mass is 16.9. The van der Waals surface area contributed by atoms with Crippen molar-refractivity contribution < 1.29 is 37.7 Å². The molecule has 0 bridgehead atoms. The van der Waals surface area contributed by atoms with Gasteiger partial charge in [-0.15, -0.1) is 0 Å². The fraction of sp³-hybridized carbons (Fsp3) is 0.409. The first kappa shape index (κ1) is 23.4. The molecule has 0 aromatic carbocycles. The number of nitrogens with zero attached hydrogens (tertiary/aromatic N) is 3. The maximum Gasteiger partial charge on any atom is 0.407 e. The van der Waals surface area contributed by atoms with Gasteiger partial charge in [0.05, 0.1) is 0 Å². The van der Waals surface area contributed by atoms with E-state index in [2.05, 4.69) is 20.3 Å². The van der Waals surface area contributed by atoms with Crippen LogP contribution in [-0.4, -0.2) is 50.6 Å². The summed E-state index contributed by atoms with van der Waals surface area (Å²) >= 11 is 0. The molecule has 0 spiro atoms. The van der Waals surface area contributed by atoms with Crippen molar-refractivity contribution in [1.82, 2.24) is 20.3 Å². The Hall–Kier alpha value is -3.77. The van der Waals surface area contributed by atoms with Gasteiger partial charge >= 0.3 is 12.1 Å². The van der Waals surface area contributed by atoms with Crippen LogP contribution >= 0.6 is 0 Å². The van der Waals surface area contributed by atoms with Crippen molar-refractivity contribution in [2.45, 2.75) is 52.3 Å². The van der Waals surface area contributed by atoms with Gasteiger partial charge in [0.1, 0.15) is 34.7 Å². The molecule has 1 aliphatic rings. The third-order valence-corrected chi connectivity index (χ3v) is 4.51. The number of hydrogen-bond acceptors (Lipinski definition) is 10. The van der Waals surface area contributed by atoms with Crippen LogP contribution in [0.1, 0.15) is 55.9 Å². The average Bonchev–Trinajstić information content (AvgIpc) is 3.37. The number of alkyl carbamates (subject to hydrolysis) is 1. The molecule has 1 saturated heterocycles. The smallest absolute Gasteiger partial charge is 0.407 e. The zero-order valence-corrected chi connectivity index (χ0v) is 19.0. The molecular formula is C22H24N4O8. The molecule has 3 aromatic rings. The molecule has 12 heteroatoms. The summed E-state index contributed by atoms with van der Waals surface area (Å²) in [6.07, 6.45) is 0.00392. The van der Waals surface area contributed by atoms with E-state index < -0.39 is 24.0 Å². The number of ether oxygens (including phenoxy) is 3. The Balaban J connectivity index is 1.52. The zero-order chi connectivity index (χ0) is 24.5. The fourth-order valence-corrected chi connectivity index (χ4v) is 3.08. The number of carboxylic acid groups (broad SMARTS) is 1. The van der Waals surface area contributed by atoms with Crippen molar-refractivity contribution in [3.63, 3.8) is 0 Å². The lowest BCUT2D eigenvalue weighted by molar-refractivity contribution is -0.384. The largest absolute Gasteiger partial charge is 0.477 e. The first-order valence-electron chi connectivity index (χ1n) is 10.5. The number of nitrogens with one attached hydrogen (secondary N) is 1. The number of aromatic nitrogens is 3. The molecule has 1 fully saturated rings. The summed E-state index contributed by atoms with van der Waals surface area (Å²) in [4.78, 5) is 35.9. The zero-order valence-electron chi connectivity index (χ0n) is 19.0. The van der Waals surface area contributed by atoms with Crippen LogP contribution in [0.25, 0.3) is 23.2 Å². The molecule has 34 heavy (non-hydrogen) atoms. The van der Waals surface area contributed by atoms with Crippen LogP contribution in [0, 0.1) is 0 Å². The Labute approximate surface area is 194 Å².